The van der Waals surface area contributed by atoms with Gasteiger partial charge in [0.05, 0.1) is 7.11 Å². The number of benzene rings is 2. The van der Waals surface area contributed by atoms with E-state index in [1.54, 1.807) is 7.11 Å². The third kappa shape index (κ3) is 3.92. The highest BCUT2D eigenvalue weighted by atomic mass is 79.9. The van der Waals surface area contributed by atoms with Crippen molar-refractivity contribution in [2.45, 2.75) is 12.5 Å². The molecule has 0 amide bonds. The molecule has 5 heteroatoms. The molecule has 0 aliphatic rings. The van der Waals surface area contributed by atoms with Gasteiger partial charge in [-0.05, 0) is 54.9 Å². The van der Waals surface area contributed by atoms with E-state index < -0.39 is 0 Å². The molecule has 1 unspecified atom stereocenters. The summed E-state index contributed by atoms with van der Waals surface area (Å²) in [6.07, 6.45) is 0.695. The van der Waals surface area contributed by atoms with Gasteiger partial charge in [0.1, 0.15) is 5.75 Å². The number of hydrogen-bond acceptors (Lipinski definition) is 2. The average molecular weight is 389 g/mol. The first-order valence-electron chi connectivity index (χ1n) is 6.50. The van der Waals surface area contributed by atoms with Gasteiger partial charge >= 0.3 is 0 Å². The fourth-order valence-corrected chi connectivity index (χ4v) is 3.29. The van der Waals surface area contributed by atoms with E-state index in [2.05, 4.69) is 21.2 Å². The largest absolute Gasteiger partial charge is 0.497 e. The SMILES string of the molecule is CNC(Cc1c(Cl)cccc1Cl)c1cc(OC)ccc1Br. The van der Waals surface area contributed by atoms with Gasteiger partial charge < -0.3 is 10.1 Å². The summed E-state index contributed by atoms with van der Waals surface area (Å²) in [6, 6.07) is 11.5. The van der Waals surface area contributed by atoms with Crippen LogP contribution in [0, 0.1) is 0 Å². The smallest absolute Gasteiger partial charge is 0.119 e. The predicted molar refractivity (Wildman–Crippen MR) is 92.7 cm³/mol. The topological polar surface area (TPSA) is 21.3 Å². The van der Waals surface area contributed by atoms with Crippen LogP contribution < -0.4 is 10.1 Å². The van der Waals surface area contributed by atoms with Crippen LogP contribution in [-0.4, -0.2) is 14.2 Å². The van der Waals surface area contributed by atoms with E-state index in [4.69, 9.17) is 27.9 Å². The van der Waals surface area contributed by atoms with E-state index in [1.165, 1.54) is 0 Å². The molecule has 0 aliphatic carbocycles. The molecular formula is C16H16BrCl2NO. The second-order valence-corrected chi connectivity index (χ2v) is 6.30. The number of likely N-dealkylation sites (N-methyl/N-ethyl adjacent to an activating group) is 1. The lowest BCUT2D eigenvalue weighted by atomic mass is 9.98. The Kier molecular flexibility index (Phi) is 5.94. The Morgan fingerprint density at radius 1 is 1.19 bits per heavy atom. The molecule has 1 N–H and O–H groups in total. The summed E-state index contributed by atoms with van der Waals surface area (Å²) in [7, 11) is 3.58. The normalized spacial score (nSPS) is 12.2. The van der Waals surface area contributed by atoms with Crippen LogP contribution in [0.5, 0.6) is 5.75 Å². The van der Waals surface area contributed by atoms with Crippen molar-refractivity contribution in [1.82, 2.24) is 5.32 Å². The van der Waals surface area contributed by atoms with Crippen LogP contribution in [0.15, 0.2) is 40.9 Å². The first-order valence-corrected chi connectivity index (χ1v) is 8.05. The van der Waals surface area contributed by atoms with Crippen LogP contribution in [-0.2, 0) is 6.42 Å². The molecule has 2 rings (SSSR count). The number of halogens is 3. The minimum Gasteiger partial charge on any atom is -0.497 e. The van der Waals surface area contributed by atoms with Crippen LogP contribution in [0.25, 0.3) is 0 Å². The van der Waals surface area contributed by atoms with Crippen molar-refractivity contribution in [3.05, 3.63) is 62.0 Å². The van der Waals surface area contributed by atoms with E-state index in [0.29, 0.717) is 16.5 Å². The van der Waals surface area contributed by atoms with Crippen LogP contribution in [0.1, 0.15) is 17.2 Å². The number of hydrogen-bond donors (Lipinski definition) is 1. The number of nitrogens with one attached hydrogen (secondary N) is 1. The summed E-state index contributed by atoms with van der Waals surface area (Å²) < 4.78 is 6.32. The van der Waals surface area contributed by atoms with Crippen LogP contribution in [0.4, 0.5) is 0 Å². The Balaban J connectivity index is 2.36. The Bertz CT molecular complexity index is 613. The molecular weight excluding hydrogens is 373 g/mol. The highest BCUT2D eigenvalue weighted by Gasteiger charge is 2.17. The lowest BCUT2D eigenvalue weighted by Crippen LogP contribution is -2.19. The third-order valence-electron chi connectivity index (χ3n) is 3.40. The van der Waals surface area contributed by atoms with Gasteiger partial charge in [-0.3, -0.25) is 0 Å². The Hall–Kier alpha value is -0.740. The van der Waals surface area contributed by atoms with Gasteiger partial charge in [-0.2, -0.15) is 0 Å². The predicted octanol–water partition coefficient (Wildman–Crippen LogP) is 5.27. The molecule has 2 nitrogen and oxygen atoms in total. The highest BCUT2D eigenvalue weighted by molar-refractivity contribution is 9.10. The zero-order valence-corrected chi connectivity index (χ0v) is 14.9. The minimum atomic E-state index is 0.0758. The van der Waals surface area contributed by atoms with Crippen LogP contribution in [0.2, 0.25) is 10.0 Å². The fraction of sp³-hybridized carbons (Fsp3) is 0.250. The summed E-state index contributed by atoms with van der Waals surface area (Å²) in [6.45, 7) is 0. The van der Waals surface area contributed by atoms with Gasteiger partial charge in [0.2, 0.25) is 0 Å². The first-order chi connectivity index (χ1) is 10.1. The maximum Gasteiger partial charge on any atom is 0.119 e. The zero-order valence-electron chi connectivity index (χ0n) is 11.8. The first kappa shape index (κ1) is 16.6. The standard InChI is InChI=1S/C16H16BrCl2NO/c1-20-16(9-12-14(18)4-3-5-15(12)19)11-8-10(21-2)6-7-13(11)17/h3-8,16,20H,9H2,1-2H3. The van der Waals surface area contributed by atoms with Crippen molar-refractivity contribution in [2.75, 3.05) is 14.2 Å². The van der Waals surface area contributed by atoms with Crippen molar-refractivity contribution in [3.63, 3.8) is 0 Å². The molecule has 0 heterocycles. The molecule has 1 atom stereocenters. The van der Waals surface area contributed by atoms with Crippen molar-refractivity contribution >= 4 is 39.1 Å². The van der Waals surface area contributed by atoms with Crippen molar-refractivity contribution in [3.8, 4) is 5.75 Å². The van der Waals surface area contributed by atoms with Crippen molar-refractivity contribution in [1.29, 1.82) is 0 Å². The average Bonchev–Trinajstić information content (AvgIpc) is 2.48. The van der Waals surface area contributed by atoms with Gasteiger partial charge in [0.25, 0.3) is 0 Å². The summed E-state index contributed by atoms with van der Waals surface area (Å²) in [5.41, 5.74) is 2.04. The Morgan fingerprint density at radius 3 is 2.43 bits per heavy atom. The molecule has 2 aromatic rings. The Labute approximate surface area is 143 Å². The van der Waals surface area contributed by atoms with E-state index in [1.807, 2.05) is 43.4 Å². The molecule has 0 spiro atoms. The van der Waals surface area contributed by atoms with Gasteiger partial charge in [-0.1, -0.05) is 45.2 Å². The summed E-state index contributed by atoms with van der Waals surface area (Å²) in [5, 5.41) is 4.67. The minimum absolute atomic E-state index is 0.0758. The maximum atomic E-state index is 6.27. The van der Waals surface area contributed by atoms with Gasteiger partial charge in [-0.25, -0.2) is 0 Å². The molecule has 0 saturated carbocycles. The molecule has 0 aliphatic heterocycles. The lowest BCUT2D eigenvalue weighted by Gasteiger charge is -2.20. The molecule has 0 aromatic heterocycles. The molecule has 0 fully saturated rings. The number of methoxy groups -OCH3 is 1. The third-order valence-corrected chi connectivity index (χ3v) is 4.83. The number of ether oxygens (including phenoxy) is 1. The Morgan fingerprint density at radius 2 is 1.86 bits per heavy atom. The summed E-state index contributed by atoms with van der Waals surface area (Å²) >= 11 is 16.1. The summed E-state index contributed by atoms with van der Waals surface area (Å²) in [4.78, 5) is 0. The number of rotatable bonds is 5. The van der Waals surface area contributed by atoms with Gasteiger partial charge in [-0.15, -0.1) is 0 Å². The zero-order chi connectivity index (χ0) is 15.4. The van der Waals surface area contributed by atoms with E-state index in [9.17, 15) is 0 Å². The van der Waals surface area contributed by atoms with Crippen molar-refractivity contribution in [2.24, 2.45) is 0 Å². The molecule has 0 saturated heterocycles. The van der Waals surface area contributed by atoms with Gasteiger partial charge in [0.15, 0.2) is 0 Å². The van der Waals surface area contributed by atoms with Crippen molar-refractivity contribution < 1.29 is 4.74 Å². The van der Waals surface area contributed by atoms with E-state index >= 15 is 0 Å². The molecule has 21 heavy (non-hydrogen) atoms. The van der Waals surface area contributed by atoms with E-state index in [-0.39, 0.29) is 6.04 Å². The molecule has 2 aromatic carbocycles. The maximum absolute atomic E-state index is 6.27. The summed E-state index contributed by atoms with van der Waals surface area (Å²) in [5.74, 6) is 0.818. The van der Waals surface area contributed by atoms with Crippen LogP contribution >= 0.6 is 39.1 Å². The molecule has 0 radical (unpaired) electrons. The second kappa shape index (κ2) is 7.50. The van der Waals surface area contributed by atoms with E-state index in [0.717, 1.165) is 21.3 Å². The monoisotopic (exact) mass is 387 g/mol. The quantitative estimate of drug-likeness (QED) is 0.753. The lowest BCUT2D eigenvalue weighted by molar-refractivity contribution is 0.413. The fourth-order valence-electron chi connectivity index (χ4n) is 2.21. The molecule has 0 bridgehead atoms. The molecule has 112 valence electrons. The van der Waals surface area contributed by atoms with Crippen LogP contribution in [0.3, 0.4) is 0 Å². The van der Waals surface area contributed by atoms with Gasteiger partial charge in [0, 0.05) is 20.6 Å². The second-order valence-electron chi connectivity index (χ2n) is 4.63. The highest BCUT2D eigenvalue weighted by Crippen LogP contribution is 2.33.